The predicted octanol–water partition coefficient (Wildman–Crippen LogP) is 1.24. The Morgan fingerprint density at radius 3 is 2.47 bits per heavy atom. The number of hydrogen-bond donors (Lipinski definition) is 0. The van der Waals surface area contributed by atoms with Crippen LogP contribution in [0.5, 0.6) is 0 Å². The summed E-state index contributed by atoms with van der Waals surface area (Å²) in [7, 11) is 3.41. The molecule has 1 atom stereocenters. The Labute approximate surface area is 102 Å². The number of Topliss-reactive ketones (excluding diaryl/α,β-unsaturated/α-hetero) is 1. The number of esters is 1. The quantitative estimate of drug-likeness (QED) is 0.549. The summed E-state index contributed by atoms with van der Waals surface area (Å²) < 4.78 is 4.82. The smallest absolute Gasteiger partial charge is 0.319 e. The van der Waals surface area contributed by atoms with Gasteiger partial charge in [-0.3, -0.25) is 9.59 Å². The molecule has 0 spiro atoms. The Morgan fingerprint density at radius 1 is 1.29 bits per heavy atom. The van der Waals surface area contributed by atoms with Gasteiger partial charge in [0.1, 0.15) is 5.41 Å². The third-order valence-electron chi connectivity index (χ3n) is 4.25. The molecule has 1 unspecified atom stereocenters. The van der Waals surface area contributed by atoms with Crippen molar-refractivity contribution < 1.29 is 14.3 Å². The fourth-order valence-corrected chi connectivity index (χ4v) is 3.05. The van der Waals surface area contributed by atoms with Crippen LogP contribution >= 0.6 is 0 Å². The first-order valence-electron chi connectivity index (χ1n) is 6.41. The zero-order valence-electron chi connectivity index (χ0n) is 10.7. The average Bonchev–Trinajstić information content (AvgIpc) is 2.27. The second-order valence-electron chi connectivity index (χ2n) is 5.39. The van der Waals surface area contributed by atoms with Gasteiger partial charge in [0.05, 0.1) is 7.11 Å². The maximum Gasteiger partial charge on any atom is 0.319 e. The molecule has 1 saturated carbocycles. The van der Waals surface area contributed by atoms with E-state index in [-0.39, 0.29) is 17.7 Å². The monoisotopic (exact) mass is 239 g/mol. The predicted molar refractivity (Wildman–Crippen MR) is 63.5 cm³/mol. The molecular formula is C13H21NO3. The van der Waals surface area contributed by atoms with Gasteiger partial charge in [0.15, 0.2) is 5.78 Å². The molecule has 17 heavy (non-hydrogen) atoms. The van der Waals surface area contributed by atoms with Crippen LogP contribution in [-0.4, -0.2) is 43.9 Å². The summed E-state index contributed by atoms with van der Waals surface area (Å²) in [6, 6.07) is 0. The lowest BCUT2D eigenvalue weighted by molar-refractivity contribution is -0.166. The Balaban J connectivity index is 2.09. The molecule has 1 aliphatic heterocycles. The van der Waals surface area contributed by atoms with Crippen LogP contribution in [0.25, 0.3) is 0 Å². The van der Waals surface area contributed by atoms with E-state index in [2.05, 4.69) is 4.90 Å². The lowest BCUT2D eigenvalue weighted by Gasteiger charge is -2.41. The van der Waals surface area contributed by atoms with Crippen LogP contribution in [-0.2, 0) is 14.3 Å². The van der Waals surface area contributed by atoms with Gasteiger partial charge in [-0.2, -0.15) is 0 Å². The van der Waals surface area contributed by atoms with E-state index in [1.54, 1.807) is 0 Å². The number of hydrogen-bond acceptors (Lipinski definition) is 4. The van der Waals surface area contributed by atoms with E-state index >= 15 is 0 Å². The molecule has 1 aliphatic carbocycles. The van der Waals surface area contributed by atoms with E-state index < -0.39 is 5.41 Å². The summed E-state index contributed by atoms with van der Waals surface area (Å²) in [4.78, 5) is 26.5. The minimum Gasteiger partial charge on any atom is -0.468 e. The number of piperidine rings is 1. The third-order valence-corrected chi connectivity index (χ3v) is 4.25. The number of rotatable bonds is 3. The molecule has 2 fully saturated rings. The van der Waals surface area contributed by atoms with Gasteiger partial charge >= 0.3 is 5.97 Å². The first-order valence-corrected chi connectivity index (χ1v) is 6.41. The van der Waals surface area contributed by atoms with Crippen LogP contribution in [0.4, 0.5) is 0 Å². The molecule has 1 saturated heterocycles. The lowest BCUT2D eigenvalue weighted by Crippen LogP contribution is -2.51. The van der Waals surface area contributed by atoms with E-state index in [1.807, 2.05) is 7.05 Å². The Kier molecular flexibility index (Phi) is 3.52. The van der Waals surface area contributed by atoms with Gasteiger partial charge in [-0.15, -0.1) is 0 Å². The number of likely N-dealkylation sites (tertiary alicyclic amines) is 1. The summed E-state index contributed by atoms with van der Waals surface area (Å²) in [5, 5.41) is 0. The molecule has 0 aromatic carbocycles. The normalized spacial score (nSPS) is 28.2. The standard InChI is InChI=1S/C13H21NO3/c1-14-8-3-5-10(9-14)11(15)13(6-4-7-13)12(16)17-2/h10H,3-9H2,1-2H3. The summed E-state index contributed by atoms with van der Waals surface area (Å²) in [5.74, 6) is -0.169. The fraction of sp³-hybridized carbons (Fsp3) is 0.846. The van der Waals surface area contributed by atoms with Crippen molar-refractivity contribution in [2.75, 3.05) is 27.2 Å². The van der Waals surface area contributed by atoms with Gasteiger partial charge in [0, 0.05) is 12.5 Å². The van der Waals surface area contributed by atoms with Crippen molar-refractivity contribution in [3.05, 3.63) is 0 Å². The molecule has 0 bridgehead atoms. The lowest BCUT2D eigenvalue weighted by atomic mass is 9.62. The van der Waals surface area contributed by atoms with Crippen molar-refractivity contribution in [2.45, 2.75) is 32.1 Å². The molecule has 0 aromatic heterocycles. The topological polar surface area (TPSA) is 46.6 Å². The molecule has 2 rings (SSSR count). The maximum absolute atomic E-state index is 12.5. The average molecular weight is 239 g/mol. The van der Waals surface area contributed by atoms with Crippen molar-refractivity contribution in [1.29, 1.82) is 0 Å². The zero-order valence-corrected chi connectivity index (χ0v) is 10.7. The number of nitrogens with zero attached hydrogens (tertiary/aromatic N) is 1. The molecule has 0 aromatic rings. The summed E-state index contributed by atoms with van der Waals surface area (Å²) in [5.41, 5.74) is -0.794. The third kappa shape index (κ3) is 2.10. The summed E-state index contributed by atoms with van der Waals surface area (Å²) in [6.45, 7) is 1.84. The van der Waals surface area contributed by atoms with Gasteiger partial charge in [0.25, 0.3) is 0 Å². The van der Waals surface area contributed by atoms with Crippen molar-refractivity contribution in [2.24, 2.45) is 11.3 Å². The van der Waals surface area contributed by atoms with Crippen LogP contribution in [0.15, 0.2) is 0 Å². The van der Waals surface area contributed by atoms with Gasteiger partial charge in [0.2, 0.25) is 0 Å². The van der Waals surface area contributed by atoms with Crippen molar-refractivity contribution >= 4 is 11.8 Å². The van der Waals surface area contributed by atoms with Crippen LogP contribution in [0.2, 0.25) is 0 Å². The SMILES string of the molecule is COC(=O)C1(C(=O)C2CCCN(C)C2)CCC1. The van der Waals surface area contributed by atoms with Gasteiger partial charge in [-0.05, 0) is 39.3 Å². The second-order valence-corrected chi connectivity index (χ2v) is 5.39. The van der Waals surface area contributed by atoms with Crippen molar-refractivity contribution in [3.8, 4) is 0 Å². The van der Waals surface area contributed by atoms with Gasteiger partial charge < -0.3 is 9.64 Å². The first kappa shape index (κ1) is 12.6. The van der Waals surface area contributed by atoms with Crippen LogP contribution in [0, 0.1) is 11.3 Å². The summed E-state index contributed by atoms with van der Waals surface area (Å²) >= 11 is 0. The maximum atomic E-state index is 12.5. The van der Waals surface area contributed by atoms with E-state index in [1.165, 1.54) is 7.11 Å². The van der Waals surface area contributed by atoms with Gasteiger partial charge in [-0.1, -0.05) is 6.42 Å². The molecule has 4 nitrogen and oxygen atoms in total. The highest BCUT2D eigenvalue weighted by atomic mass is 16.5. The Hall–Kier alpha value is -0.900. The fourth-order valence-electron chi connectivity index (χ4n) is 3.05. The minimum absolute atomic E-state index is 0.0214. The van der Waals surface area contributed by atoms with E-state index in [9.17, 15) is 9.59 Å². The number of methoxy groups -OCH3 is 1. The zero-order chi connectivity index (χ0) is 12.5. The Bertz CT molecular complexity index is 323. The molecule has 4 heteroatoms. The minimum atomic E-state index is -0.794. The Morgan fingerprint density at radius 2 is 2.00 bits per heavy atom. The van der Waals surface area contributed by atoms with E-state index in [0.29, 0.717) is 12.8 Å². The van der Waals surface area contributed by atoms with Crippen molar-refractivity contribution in [3.63, 3.8) is 0 Å². The molecule has 1 heterocycles. The highest BCUT2D eigenvalue weighted by Gasteiger charge is 2.53. The van der Waals surface area contributed by atoms with Crippen LogP contribution in [0.3, 0.4) is 0 Å². The second kappa shape index (κ2) is 4.77. The van der Waals surface area contributed by atoms with Crippen LogP contribution in [0.1, 0.15) is 32.1 Å². The number of ether oxygens (including phenoxy) is 1. The number of carbonyl (C=O) groups is 2. The molecule has 0 amide bonds. The van der Waals surface area contributed by atoms with Gasteiger partial charge in [-0.25, -0.2) is 0 Å². The highest BCUT2D eigenvalue weighted by Crippen LogP contribution is 2.45. The van der Waals surface area contributed by atoms with E-state index in [0.717, 1.165) is 32.4 Å². The molecule has 96 valence electrons. The number of ketones is 1. The van der Waals surface area contributed by atoms with Crippen molar-refractivity contribution in [1.82, 2.24) is 4.90 Å². The molecule has 0 N–H and O–H groups in total. The molecule has 2 aliphatic rings. The number of carbonyl (C=O) groups excluding carboxylic acids is 2. The highest BCUT2D eigenvalue weighted by molar-refractivity contribution is 6.05. The largest absolute Gasteiger partial charge is 0.468 e. The van der Waals surface area contributed by atoms with Crippen LogP contribution < -0.4 is 0 Å². The summed E-state index contributed by atoms with van der Waals surface area (Å²) in [6.07, 6.45) is 4.28. The van der Waals surface area contributed by atoms with E-state index in [4.69, 9.17) is 4.74 Å². The molecular weight excluding hydrogens is 218 g/mol. The molecule has 0 radical (unpaired) electrons. The first-order chi connectivity index (χ1) is 8.10.